The van der Waals surface area contributed by atoms with Gasteiger partial charge in [0, 0.05) is 17.6 Å². The summed E-state index contributed by atoms with van der Waals surface area (Å²) in [7, 11) is 1.60. The first-order chi connectivity index (χ1) is 14.8. The summed E-state index contributed by atoms with van der Waals surface area (Å²) in [6.45, 7) is 8.35. The first kappa shape index (κ1) is 24.7. The maximum absolute atomic E-state index is 13.1. The van der Waals surface area contributed by atoms with Gasteiger partial charge in [0.15, 0.2) is 6.61 Å². The van der Waals surface area contributed by atoms with E-state index in [1.165, 1.54) is 0 Å². The smallest absolute Gasteiger partial charge is 0.261 e. The molecule has 6 nitrogen and oxygen atoms in total. The van der Waals surface area contributed by atoms with Crippen LogP contribution in [0.15, 0.2) is 40.9 Å². The van der Waals surface area contributed by atoms with E-state index in [1.54, 1.807) is 18.9 Å². The van der Waals surface area contributed by atoms with E-state index in [-0.39, 0.29) is 25.0 Å². The van der Waals surface area contributed by atoms with Gasteiger partial charge in [-0.15, -0.1) is 0 Å². The third-order valence-corrected chi connectivity index (χ3v) is 6.23. The number of hydrogen-bond acceptors (Lipinski definition) is 4. The van der Waals surface area contributed by atoms with Crippen LogP contribution in [0, 0.1) is 13.8 Å². The Hall–Kier alpha value is -2.54. The highest BCUT2D eigenvalue weighted by atomic mass is 79.9. The fraction of sp³-hybridized carbons (Fsp3) is 0.417. The third kappa shape index (κ3) is 6.99. The lowest BCUT2D eigenvalue weighted by Crippen LogP contribution is -2.49. The summed E-state index contributed by atoms with van der Waals surface area (Å²) in [5, 5.41) is 2.87. The number of aryl methyl sites for hydroxylation is 2. The summed E-state index contributed by atoms with van der Waals surface area (Å²) in [5.41, 5.74) is 2.93. The molecule has 0 spiro atoms. The van der Waals surface area contributed by atoms with Crippen LogP contribution in [0.25, 0.3) is 0 Å². The van der Waals surface area contributed by atoms with Gasteiger partial charge in [0.05, 0.1) is 7.11 Å². The van der Waals surface area contributed by atoms with Crippen molar-refractivity contribution in [3.05, 3.63) is 57.6 Å². The van der Waals surface area contributed by atoms with Crippen LogP contribution in [0.4, 0.5) is 0 Å². The minimum Gasteiger partial charge on any atom is -0.497 e. The van der Waals surface area contributed by atoms with Crippen molar-refractivity contribution in [3.8, 4) is 11.5 Å². The molecule has 0 heterocycles. The van der Waals surface area contributed by atoms with Crippen LogP contribution in [0.5, 0.6) is 11.5 Å². The molecule has 2 aromatic carbocycles. The van der Waals surface area contributed by atoms with E-state index in [0.717, 1.165) is 27.6 Å². The average molecular weight is 491 g/mol. The fourth-order valence-electron chi connectivity index (χ4n) is 3.16. The van der Waals surface area contributed by atoms with Gasteiger partial charge in [-0.3, -0.25) is 9.59 Å². The highest BCUT2D eigenvalue weighted by Gasteiger charge is 2.26. The number of nitrogens with zero attached hydrogens (tertiary/aromatic N) is 1. The van der Waals surface area contributed by atoms with Crippen molar-refractivity contribution in [1.29, 1.82) is 0 Å². The predicted molar refractivity (Wildman–Crippen MR) is 125 cm³/mol. The number of hydrogen-bond donors (Lipinski definition) is 1. The van der Waals surface area contributed by atoms with E-state index in [9.17, 15) is 9.59 Å². The number of carbonyl (C=O) groups excluding carboxylic acids is 2. The summed E-state index contributed by atoms with van der Waals surface area (Å²) in [6.07, 6.45) is 0.827. The van der Waals surface area contributed by atoms with Crippen LogP contribution in [0.3, 0.4) is 0 Å². The second-order valence-corrected chi connectivity index (χ2v) is 8.29. The second-order valence-electron chi connectivity index (χ2n) is 7.50. The topological polar surface area (TPSA) is 67.9 Å². The Morgan fingerprint density at radius 3 is 2.42 bits per heavy atom. The number of rotatable bonds is 10. The Labute approximate surface area is 193 Å². The lowest BCUT2D eigenvalue weighted by molar-refractivity contribution is -0.142. The number of ether oxygens (including phenoxy) is 2. The van der Waals surface area contributed by atoms with Gasteiger partial charge in [0.25, 0.3) is 5.91 Å². The molecule has 168 valence electrons. The molecule has 0 aliphatic heterocycles. The van der Waals surface area contributed by atoms with Crippen molar-refractivity contribution < 1.29 is 19.1 Å². The zero-order valence-corrected chi connectivity index (χ0v) is 20.4. The van der Waals surface area contributed by atoms with Crippen molar-refractivity contribution in [2.45, 2.75) is 46.7 Å². The maximum Gasteiger partial charge on any atom is 0.261 e. The second kappa shape index (κ2) is 11.7. The zero-order valence-electron chi connectivity index (χ0n) is 18.8. The Balaban J connectivity index is 2.19. The molecule has 0 saturated carbocycles. The molecule has 1 N–H and O–H groups in total. The highest BCUT2D eigenvalue weighted by molar-refractivity contribution is 9.10. The Morgan fingerprint density at radius 1 is 1.13 bits per heavy atom. The molecular formula is C24H31BrN2O4. The number of nitrogens with one attached hydrogen (secondary N) is 1. The molecule has 0 saturated heterocycles. The lowest BCUT2D eigenvalue weighted by Gasteiger charge is -2.29. The van der Waals surface area contributed by atoms with Gasteiger partial charge >= 0.3 is 0 Å². The number of carbonyl (C=O) groups is 2. The van der Waals surface area contributed by atoms with E-state index in [2.05, 4.69) is 21.2 Å². The van der Waals surface area contributed by atoms with E-state index in [0.29, 0.717) is 18.0 Å². The first-order valence-electron chi connectivity index (χ1n) is 10.4. The van der Waals surface area contributed by atoms with Crippen LogP contribution in [0.1, 0.15) is 37.0 Å². The summed E-state index contributed by atoms with van der Waals surface area (Å²) in [5.74, 6) is 0.870. The molecule has 0 fully saturated rings. The van der Waals surface area contributed by atoms with Gasteiger partial charge < -0.3 is 19.7 Å². The van der Waals surface area contributed by atoms with Crippen molar-refractivity contribution in [3.63, 3.8) is 0 Å². The van der Waals surface area contributed by atoms with E-state index < -0.39 is 6.04 Å². The standard InChI is InChI=1S/C24H31BrN2O4/c1-6-10-26-24(29)18(4)27(14-19-8-7-9-20(13-19)30-5)22(28)15-31-21-11-16(2)23(25)17(3)12-21/h7-9,11-13,18H,6,10,14-15H2,1-5H3,(H,26,29). The van der Waals surface area contributed by atoms with Crippen molar-refractivity contribution >= 4 is 27.7 Å². The molecular weight excluding hydrogens is 460 g/mol. The van der Waals surface area contributed by atoms with Crippen molar-refractivity contribution in [2.75, 3.05) is 20.3 Å². The predicted octanol–water partition coefficient (Wildman–Crippen LogP) is 4.40. The van der Waals surface area contributed by atoms with E-state index in [1.807, 2.05) is 57.2 Å². The lowest BCUT2D eigenvalue weighted by atomic mass is 10.1. The Kier molecular flexibility index (Phi) is 9.37. The van der Waals surface area contributed by atoms with Crippen LogP contribution in [0.2, 0.25) is 0 Å². The molecule has 1 unspecified atom stereocenters. The van der Waals surface area contributed by atoms with Gasteiger partial charge in [-0.1, -0.05) is 35.0 Å². The maximum atomic E-state index is 13.1. The number of halogens is 1. The van der Waals surface area contributed by atoms with Gasteiger partial charge in [-0.2, -0.15) is 0 Å². The number of methoxy groups -OCH3 is 1. The molecule has 2 amide bonds. The molecule has 2 rings (SSSR count). The van der Waals surface area contributed by atoms with Crippen molar-refractivity contribution in [2.24, 2.45) is 0 Å². The van der Waals surface area contributed by atoms with Gasteiger partial charge in [-0.05, 0) is 68.1 Å². The largest absolute Gasteiger partial charge is 0.497 e. The monoisotopic (exact) mass is 490 g/mol. The van der Waals surface area contributed by atoms with E-state index in [4.69, 9.17) is 9.47 Å². The average Bonchev–Trinajstić information content (AvgIpc) is 2.77. The molecule has 1 atom stereocenters. The number of amides is 2. The quantitative estimate of drug-likeness (QED) is 0.535. The summed E-state index contributed by atoms with van der Waals surface area (Å²) < 4.78 is 12.1. The summed E-state index contributed by atoms with van der Waals surface area (Å²) in [6, 6.07) is 10.6. The van der Waals surface area contributed by atoms with Crippen LogP contribution in [-0.2, 0) is 16.1 Å². The van der Waals surface area contributed by atoms with Crippen LogP contribution >= 0.6 is 15.9 Å². The molecule has 7 heteroatoms. The molecule has 0 bridgehead atoms. The van der Waals surface area contributed by atoms with Gasteiger partial charge in [0.1, 0.15) is 17.5 Å². The molecule has 2 aromatic rings. The van der Waals surface area contributed by atoms with Crippen molar-refractivity contribution in [1.82, 2.24) is 10.2 Å². The first-order valence-corrected chi connectivity index (χ1v) is 11.2. The third-order valence-electron chi connectivity index (χ3n) is 4.98. The van der Waals surface area contributed by atoms with Gasteiger partial charge in [-0.25, -0.2) is 0 Å². The van der Waals surface area contributed by atoms with E-state index >= 15 is 0 Å². The minimum absolute atomic E-state index is 0.157. The molecule has 31 heavy (non-hydrogen) atoms. The summed E-state index contributed by atoms with van der Waals surface area (Å²) >= 11 is 3.54. The normalized spacial score (nSPS) is 11.5. The van der Waals surface area contributed by atoms with Crippen LogP contribution in [-0.4, -0.2) is 43.0 Å². The highest BCUT2D eigenvalue weighted by Crippen LogP contribution is 2.26. The summed E-state index contributed by atoms with van der Waals surface area (Å²) in [4.78, 5) is 27.2. The Bertz CT molecular complexity index is 893. The van der Waals surface area contributed by atoms with Gasteiger partial charge in [0.2, 0.25) is 5.91 Å². The molecule has 0 aliphatic carbocycles. The number of benzene rings is 2. The molecule has 0 aliphatic rings. The molecule has 0 aromatic heterocycles. The Morgan fingerprint density at radius 2 is 1.81 bits per heavy atom. The van der Waals surface area contributed by atoms with Crippen LogP contribution < -0.4 is 14.8 Å². The minimum atomic E-state index is -0.637. The fourth-order valence-corrected chi connectivity index (χ4v) is 3.39. The zero-order chi connectivity index (χ0) is 23.0. The SMILES string of the molecule is CCCNC(=O)C(C)N(Cc1cccc(OC)c1)C(=O)COc1cc(C)c(Br)c(C)c1. The molecule has 0 radical (unpaired) electrons.